The van der Waals surface area contributed by atoms with E-state index in [1.165, 1.54) is 12.1 Å². The highest BCUT2D eigenvalue weighted by Crippen LogP contribution is 2.34. The molecule has 5 nitrogen and oxygen atoms in total. The number of amides is 1. The minimum atomic E-state index is -4.60. The van der Waals surface area contributed by atoms with Crippen LogP contribution in [-0.2, 0) is 21.0 Å². The van der Waals surface area contributed by atoms with Crippen molar-refractivity contribution in [2.75, 3.05) is 11.9 Å². The quantitative estimate of drug-likeness (QED) is 0.616. The monoisotopic (exact) mass is 474 g/mol. The van der Waals surface area contributed by atoms with Crippen molar-refractivity contribution >= 4 is 33.2 Å². The molecule has 1 saturated carbocycles. The lowest BCUT2D eigenvalue weighted by atomic mass is 9.95. The third-order valence-corrected chi connectivity index (χ3v) is 7.44. The molecule has 1 N–H and O–H groups in total. The Kier molecular flexibility index (Phi) is 7.28. The normalized spacial score (nSPS) is 15.8. The van der Waals surface area contributed by atoms with E-state index in [0.29, 0.717) is 12.8 Å². The van der Waals surface area contributed by atoms with E-state index in [2.05, 4.69) is 5.32 Å². The first-order chi connectivity index (χ1) is 14.6. The Morgan fingerprint density at radius 2 is 1.71 bits per heavy atom. The van der Waals surface area contributed by atoms with Crippen LogP contribution >= 0.6 is 11.6 Å². The zero-order chi connectivity index (χ0) is 22.6. The van der Waals surface area contributed by atoms with Gasteiger partial charge in [0, 0.05) is 6.04 Å². The molecule has 168 valence electrons. The second kappa shape index (κ2) is 9.58. The van der Waals surface area contributed by atoms with E-state index < -0.39 is 34.2 Å². The van der Waals surface area contributed by atoms with Crippen molar-refractivity contribution in [3.63, 3.8) is 0 Å². The first-order valence-electron chi connectivity index (χ1n) is 9.82. The van der Waals surface area contributed by atoms with Gasteiger partial charge < -0.3 is 5.32 Å². The maximum Gasteiger partial charge on any atom is 0.416 e. The summed E-state index contributed by atoms with van der Waals surface area (Å²) in [5.41, 5.74) is -1.18. The molecule has 1 aliphatic rings. The number of hydrogen-bond donors (Lipinski definition) is 1. The Morgan fingerprint density at radius 3 is 2.32 bits per heavy atom. The average Bonchev–Trinajstić information content (AvgIpc) is 2.74. The summed E-state index contributed by atoms with van der Waals surface area (Å²) in [6, 6.07) is 10.00. The number of anilines is 1. The van der Waals surface area contributed by atoms with Crippen LogP contribution in [0.1, 0.15) is 37.7 Å². The van der Waals surface area contributed by atoms with Gasteiger partial charge in [0.25, 0.3) is 0 Å². The largest absolute Gasteiger partial charge is 0.416 e. The second-order valence-electron chi connectivity index (χ2n) is 7.40. The Hall–Kier alpha value is -2.10. The molecule has 2 aromatic carbocycles. The number of nitrogens with zero attached hydrogens (tertiary/aromatic N) is 1. The van der Waals surface area contributed by atoms with Gasteiger partial charge in [0.2, 0.25) is 15.9 Å². The molecular formula is C21H22ClF3N2O3S. The van der Waals surface area contributed by atoms with Crippen molar-refractivity contribution in [3.05, 3.63) is 59.1 Å². The van der Waals surface area contributed by atoms with Crippen molar-refractivity contribution in [3.8, 4) is 0 Å². The van der Waals surface area contributed by atoms with Crippen molar-refractivity contribution in [2.45, 2.75) is 49.2 Å². The molecule has 10 heteroatoms. The molecule has 0 spiro atoms. The van der Waals surface area contributed by atoms with E-state index >= 15 is 0 Å². The number of benzene rings is 2. The lowest BCUT2D eigenvalue weighted by molar-refractivity contribution is -0.137. The van der Waals surface area contributed by atoms with Crippen LogP contribution in [-0.4, -0.2) is 31.2 Å². The summed E-state index contributed by atoms with van der Waals surface area (Å²) in [7, 11) is -3.97. The molecule has 1 amide bonds. The number of hydrogen-bond acceptors (Lipinski definition) is 3. The van der Waals surface area contributed by atoms with E-state index in [-0.39, 0.29) is 21.6 Å². The van der Waals surface area contributed by atoms with Crippen LogP contribution in [0.15, 0.2) is 53.4 Å². The first-order valence-corrected chi connectivity index (χ1v) is 11.6. The van der Waals surface area contributed by atoms with Gasteiger partial charge in [0.15, 0.2) is 0 Å². The van der Waals surface area contributed by atoms with E-state index in [1.807, 2.05) is 0 Å². The molecule has 2 aromatic rings. The minimum Gasteiger partial charge on any atom is -0.324 e. The number of rotatable bonds is 6. The lowest BCUT2D eigenvalue weighted by Crippen LogP contribution is -2.45. The van der Waals surface area contributed by atoms with E-state index in [9.17, 15) is 26.4 Å². The lowest BCUT2D eigenvalue weighted by Gasteiger charge is -2.33. The molecule has 0 aliphatic heterocycles. The first kappa shape index (κ1) is 23.6. The highest BCUT2D eigenvalue weighted by molar-refractivity contribution is 7.89. The van der Waals surface area contributed by atoms with Gasteiger partial charge in [-0.05, 0) is 43.2 Å². The molecule has 31 heavy (non-hydrogen) atoms. The van der Waals surface area contributed by atoms with Crippen molar-refractivity contribution in [1.29, 1.82) is 0 Å². The summed E-state index contributed by atoms with van der Waals surface area (Å²) in [6.45, 7) is -0.519. The fraction of sp³-hybridized carbons (Fsp3) is 0.381. The Labute approximate surface area is 184 Å². The van der Waals surface area contributed by atoms with Crippen LogP contribution in [0.2, 0.25) is 5.02 Å². The average molecular weight is 475 g/mol. The minimum absolute atomic E-state index is 0.0606. The number of carbonyl (C=O) groups is 1. The highest BCUT2D eigenvalue weighted by Gasteiger charge is 2.34. The van der Waals surface area contributed by atoms with Gasteiger partial charge in [-0.3, -0.25) is 4.79 Å². The topological polar surface area (TPSA) is 66.5 Å². The van der Waals surface area contributed by atoms with E-state index in [1.54, 1.807) is 18.2 Å². The van der Waals surface area contributed by atoms with Gasteiger partial charge in [-0.25, -0.2) is 8.42 Å². The molecule has 0 heterocycles. The van der Waals surface area contributed by atoms with Crippen LogP contribution in [0.3, 0.4) is 0 Å². The SMILES string of the molecule is O=C(CN(C1CCCCC1)S(=O)(=O)c1ccccc1)Nc1cc(C(F)(F)F)ccc1Cl. The van der Waals surface area contributed by atoms with Crippen LogP contribution in [0.25, 0.3) is 0 Å². The van der Waals surface area contributed by atoms with E-state index in [0.717, 1.165) is 41.8 Å². The standard InChI is InChI=1S/C21H22ClF3N2O3S/c22-18-12-11-15(21(23,24)25)13-19(18)26-20(28)14-27(16-7-3-1-4-8-16)31(29,30)17-9-5-2-6-10-17/h2,5-6,9-13,16H,1,3-4,7-8,14H2,(H,26,28). The summed E-state index contributed by atoms with van der Waals surface area (Å²) in [4.78, 5) is 12.8. The molecule has 1 aliphatic carbocycles. The molecule has 0 radical (unpaired) electrons. The smallest absolute Gasteiger partial charge is 0.324 e. The molecular weight excluding hydrogens is 453 g/mol. The summed E-state index contributed by atoms with van der Waals surface area (Å²) >= 11 is 5.95. The second-order valence-corrected chi connectivity index (χ2v) is 9.69. The third kappa shape index (κ3) is 5.78. The Balaban J connectivity index is 1.86. The predicted octanol–water partition coefficient (Wildman–Crippen LogP) is 5.32. The van der Waals surface area contributed by atoms with Crippen LogP contribution in [0.5, 0.6) is 0 Å². The van der Waals surface area contributed by atoms with Gasteiger partial charge in [-0.1, -0.05) is 49.1 Å². The van der Waals surface area contributed by atoms with Gasteiger partial charge in [-0.15, -0.1) is 0 Å². The summed E-state index contributed by atoms with van der Waals surface area (Å²) in [5, 5.41) is 2.27. The molecule has 0 unspecified atom stereocenters. The maximum absolute atomic E-state index is 13.2. The molecule has 0 aromatic heterocycles. The molecule has 0 saturated heterocycles. The van der Waals surface area contributed by atoms with Crippen LogP contribution < -0.4 is 5.32 Å². The molecule has 3 rings (SSSR count). The van der Waals surface area contributed by atoms with Gasteiger partial charge in [-0.2, -0.15) is 17.5 Å². The maximum atomic E-state index is 13.2. The number of alkyl halides is 3. The summed E-state index contributed by atoms with van der Waals surface area (Å²) < 4.78 is 66.6. The van der Waals surface area contributed by atoms with Gasteiger partial charge >= 0.3 is 6.18 Å². The molecule has 0 atom stereocenters. The Bertz CT molecular complexity index is 1020. The summed E-state index contributed by atoms with van der Waals surface area (Å²) in [5.74, 6) is -0.758. The third-order valence-electron chi connectivity index (χ3n) is 5.20. The number of halogens is 4. The van der Waals surface area contributed by atoms with Crippen LogP contribution in [0.4, 0.5) is 18.9 Å². The van der Waals surface area contributed by atoms with Gasteiger partial charge in [0.1, 0.15) is 0 Å². The van der Waals surface area contributed by atoms with Crippen LogP contribution in [0, 0.1) is 0 Å². The highest BCUT2D eigenvalue weighted by atomic mass is 35.5. The van der Waals surface area contributed by atoms with Crippen molar-refractivity contribution < 1.29 is 26.4 Å². The van der Waals surface area contributed by atoms with E-state index in [4.69, 9.17) is 11.6 Å². The number of nitrogens with one attached hydrogen (secondary N) is 1. The fourth-order valence-corrected chi connectivity index (χ4v) is 5.46. The summed E-state index contributed by atoms with van der Waals surface area (Å²) in [6.07, 6.45) is -0.705. The number of carbonyl (C=O) groups excluding carboxylic acids is 1. The number of sulfonamides is 1. The van der Waals surface area contributed by atoms with Crippen molar-refractivity contribution in [2.24, 2.45) is 0 Å². The van der Waals surface area contributed by atoms with Crippen molar-refractivity contribution in [1.82, 2.24) is 4.31 Å². The van der Waals surface area contributed by atoms with Gasteiger partial charge in [0.05, 0.1) is 27.7 Å². The zero-order valence-electron chi connectivity index (χ0n) is 16.5. The predicted molar refractivity (Wildman–Crippen MR) is 112 cm³/mol. The molecule has 0 bridgehead atoms. The molecule has 1 fully saturated rings. The fourth-order valence-electron chi connectivity index (χ4n) is 3.64. The Morgan fingerprint density at radius 1 is 1.06 bits per heavy atom. The zero-order valence-corrected chi connectivity index (χ0v) is 18.1.